The third kappa shape index (κ3) is 8.42. The van der Waals surface area contributed by atoms with Crippen LogP contribution in [0.4, 0.5) is 0 Å². The molecule has 0 aliphatic carbocycles. The van der Waals surface area contributed by atoms with Crippen molar-refractivity contribution in [2.24, 2.45) is 11.7 Å². The monoisotopic (exact) mass is 298 g/mol. The van der Waals surface area contributed by atoms with Gasteiger partial charge in [-0.15, -0.1) is 0 Å². The van der Waals surface area contributed by atoms with Crippen molar-refractivity contribution in [2.45, 2.75) is 83.8 Å². The van der Waals surface area contributed by atoms with Gasteiger partial charge in [-0.1, -0.05) is 71.1 Å². The molecule has 1 heterocycles. The molecule has 2 unspecified atom stereocenters. The van der Waals surface area contributed by atoms with Crippen LogP contribution in [-0.4, -0.2) is 25.3 Å². The van der Waals surface area contributed by atoms with Crippen molar-refractivity contribution < 1.29 is 9.53 Å². The van der Waals surface area contributed by atoms with Gasteiger partial charge >= 0.3 is 0 Å². The van der Waals surface area contributed by atoms with Crippen molar-refractivity contribution in [3.8, 4) is 0 Å². The highest BCUT2D eigenvalue weighted by molar-refractivity contribution is 5.77. The van der Waals surface area contributed by atoms with E-state index >= 15 is 0 Å². The molecule has 1 saturated heterocycles. The molecule has 0 spiro atoms. The summed E-state index contributed by atoms with van der Waals surface area (Å²) in [7, 11) is 0. The lowest BCUT2D eigenvalue weighted by Gasteiger charge is -2.19. The van der Waals surface area contributed by atoms with Gasteiger partial charge in [0.1, 0.15) is 6.23 Å². The molecule has 0 aromatic carbocycles. The minimum atomic E-state index is -0.231. The number of carbonyl (C=O) groups excluding carboxylic acids is 1. The first kappa shape index (κ1) is 18.4. The van der Waals surface area contributed by atoms with Crippen molar-refractivity contribution >= 4 is 5.91 Å². The van der Waals surface area contributed by atoms with Crippen molar-refractivity contribution in [3.05, 3.63) is 0 Å². The summed E-state index contributed by atoms with van der Waals surface area (Å²) in [6.07, 6.45) is 13.8. The topological polar surface area (TPSA) is 64.4 Å². The number of hydrogen-bond donors (Lipinski definition) is 2. The van der Waals surface area contributed by atoms with Gasteiger partial charge in [0.2, 0.25) is 5.91 Å². The average molecular weight is 298 g/mol. The van der Waals surface area contributed by atoms with Gasteiger partial charge in [-0.05, 0) is 6.42 Å². The van der Waals surface area contributed by atoms with Crippen LogP contribution in [0.25, 0.3) is 0 Å². The summed E-state index contributed by atoms with van der Waals surface area (Å²) >= 11 is 0. The Bertz CT molecular complexity index is 266. The molecule has 1 aliphatic heterocycles. The summed E-state index contributed by atoms with van der Waals surface area (Å²) in [5.74, 6) is -0.396. The molecule has 0 radical (unpaired) electrons. The molecule has 1 aliphatic rings. The summed E-state index contributed by atoms with van der Waals surface area (Å²) in [4.78, 5) is 11.5. The van der Waals surface area contributed by atoms with Crippen molar-refractivity contribution in [1.29, 1.82) is 0 Å². The standard InChI is InChI=1S/C17H34N2O2/c1-2-3-4-5-6-7-8-9-10-11-12-15(16(18)20)17-19-13-14-21-17/h15,17,19H,2-14H2,1H3,(H2,18,20). The van der Waals surface area contributed by atoms with Gasteiger partial charge < -0.3 is 10.5 Å². The van der Waals surface area contributed by atoms with Gasteiger partial charge in [-0.25, -0.2) is 0 Å². The second-order valence-electron chi connectivity index (χ2n) is 6.23. The minimum Gasteiger partial charge on any atom is -0.369 e. The van der Waals surface area contributed by atoms with Gasteiger partial charge in [-0.3, -0.25) is 10.1 Å². The van der Waals surface area contributed by atoms with Gasteiger partial charge in [0.25, 0.3) is 0 Å². The molecule has 1 fully saturated rings. The maximum absolute atomic E-state index is 11.5. The fourth-order valence-electron chi connectivity index (χ4n) is 3.00. The molecular weight excluding hydrogens is 264 g/mol. The quantitative estimate of drug-likeness (QED) is 0.513. The van der Waals surface area contributed by atoms with E-state index in [1.54, 1.807) is 0 Å². The SMILES string of the molecule is CCCCCCCCCCCCC(C(N)=O)C1NCCO1. The molecule has 0 aromatic rings. The predicted molar refractivity (Wildman–Crippen MR) is 86.9 cm³/mol. The van der Waals surface area contributed by atoms with Gasteiger partial charge in [0.05, 0.1) is 12.5 Å². The van der Waals surface area contributed by atoms with Crippen LogP contribution in [0.15, 0.2) is 0 Å². The fourth-order valence-corrected chi connectivity index (χ4v) is 3.00. The Labute approximate surface area is 130 Å². The Morgan fingerprint density at radius 2 is 1.67 bits per heavy atom. The smallest absolute Gasteiger partial charge is 0.224 e. The molecule has 0 saturated carbocycles. The van der Waals surface area contributed by atoms with E-state index in [9.17, 15) is 4.79 Å². The van der Waals surface area contributed by atoms with Crippen molar-refractivity contribution in [1.82, 2.24) is 5.32 Å². The third-order valence-corrected chi connectivity index (χ3v) is 4.34. The highest BCUT2D eigenvalue weighted by Crippen LogP contribution is 2.18. The number of primary amides is 1. The number of ether oxygens (including phenoxy) is 1. The van der Waals surface area contributed by atoms with Gasteiger partial charge in [0.15, 0.2) is 0 Å². The molecule has 3 N–H and O–H groups in total. The second kappa shape index (κ2) is 12.0. The lowest BCUT2D eigenvalue weighted by molar-refractivity contribution is -0.126. The molecule has 4 heteroatoms. The Morgan fingerprint density at radius 3 is 2.14 bits per heavy atom. The van der Waals surface area contributed by atoms with Crippen LogP contribution in [-0.2, 0) is 9.53 Å². The zero-order valence-corrected chi connectivity index (χ0v) is 13.7. The van der Waals surface area contributed by atoms with Crippen LogP contribution in [0.1, 0.15) is 77.6 Å². The molecule has 4 nitrogen and oxygen atoms in total. The number of hydrogen-bond acceptors (Lipinski definition) is 3. The van der Waals surface area contributed by atoms with E-state index in [0.29, 0.717) is 6.61 Å². The van der Waals surface area contributed by atoms with Crippen LogP contribution < -0.4 is 11.1 Å². The molecule has 0 aromatic heterocycles. The van der Waals surface area contributed by atoms with Gasteiger partial charge in [-0.2, -0.15) is 0 Å². The summed E-state index contributed by atoms with van der Waals surface area (Å²) in [6.45, 7) is 3.77. The minimum absolute atomic E-state index is 0.152. The van der Waals surface area contributed by atoms with E-state index in [-0.39, 0.29) is 18.1 Å². The highest BCUT2D eigenvalue weighted by atomic mass is 16.5. The first-order chi connectivity index (χ1) is 10.3. The van der Waals surface area contributed by atoms with E-state index in [1.165, 1.54) is 57.8 Å². The lowest BCUT2D eigenvalue weighted by atomic mass is 9.97. The fraction of sp³-hybridized carbons (Fsp3) is 0.941. The predicted octanol–water partition coefficient (Wildman–Crippen LogP) is 3.34. The molecule has 1 rings (SSSR count). The summed E-state index contributed by atoms with van der Waals surface area (Å²) < 4.78 is 5.51. The molecule has 0 bridgehead atoms. The second-order valence-corrected chi connectivity index (χ2v) is 6.23. The van der Waals surface area contributed by atoms with E-state index < -0.39 is 0 Å². The molecule has 1 amide bonds. The summed E-state index contributed by atoms with van der Waals surface area (Å²) in [5, 5.41) is 3.20. The Balaban J connectivity index is 1.95. The largest absolute Gasteiger partial charge is 0.369 e. The maximum Gasteiger partial charge on any atom is 0.224 e. The van der Waals surface area contributed by atoms with Crippen LogP contribution in [0.3, 0.4) is 0 Å². The molecular formula is C17H34N2O2. The molecule has 2 atom stereocenters. The van der Waals surface area contributed by atoms with E-state index in [2.05, 4.69) is 12.2 Å². The maximum atomic E-state index is 11.5. The Hall–Kier alpha value is -0.610. The third-order valence-electron chi connectivity index (χ3n) is 4.34. The lowest BCUT2D eigenvalue weighted by Crippen LogP contribution is -2.40. The first-order valence-electron chi connectivity index (χ1n) is 8.90. The number of nitrogens with two attached hydrogens (primary N) is 1. The number of nitrogens with one attached hydrogen (secondary N) is 1. The van der Waals surface area contributed by atoms with Crippen LogP contribution in [0.2, 0.25) is 0 Å². The van der Waals surface area contributed by atoms with Crippen LogP contribution >= 0.6 is 0 Å². The molecule has 21 heavy (non-hydrogen) atoms. The zero-order valence-electron chi connectivity index (χ0n) is 13.7. The number of amides is 1. The summed E-state index contributed by atoms with van der Waals surface area (Å²) in [5.41, 5.74) is 5.48. The average Bonchev–Trinajstić information content (AvgIpc) is 2.98. The van der Waals surface area contributed by atoms with Gasteiger partial charge in [0, 0.05) is 6.54 Å². The van der Waals surface area contributed by atoms with E-state index in [1.807, 2.05) is 0 Å². The number of carbonyl (C=O) groups is 1. The van der Waals surface area contributed by atoms with Crippen molar-refractivity contribution in [3.63, 3.8) is 0 Å². The first-order valence-corrected chi connectivity index (χ1v) is 8.90. The summed E-state index contributed by atoms with van der Waals surface area (Å²) in [6, 6.07) is 0. The van der Waals surface area contributed by atoms with Crippen LogP contribution in [0, 0.1) is 5.92 Å². The number of rotatable bonds is 13. The van der Waals surface area contributed by atoms with E-state index in [4.69, 9.17) is 10.5 Å². The highest BCUT2D eigenvalue weighted by Gasteiger charge is 2.29. The van der Waals surface area contributed by atoms with E-state index in [0.717, 1.165) is 19.4 Å². The van der Waals surface area contributed by atoms with Crippen molar-refractivity contribution in [2.75, 3.05) is 13.2 Å². The van der Waals surface area contributed by atoms with Crippen LogP contribution in [0.5, 0.6) is 0 Å². The Morgan fingerprint density at radius 1 is 1.10 bits per heavy atom. The number of unbranched alkanes of at least 4 members (excludes halogenated alkanes) is 9. The normalized spacial score (nSPS) is 19.8. The Kier molecular flexibility index (Phi) is 10.5. The zero-order chi connectivity index (χ0) is 15.3. The molecule has 124 valence electrons.